The maximum absolute atomic E-state index is 13.0. The highest BCUT2D eigenvalue weighted by Gasteiger charge is 2.32. The van der Waals surface area contributed by atoms with Gasteiger partial charge in [0.15, 0.2) is 5.65 Å². The Morgan fingerprint density at radius 3 is 2.75 bits per heavy atom. The lowest BCUT2D eigenvalue weighted by atomic mass is 10.1. The summed E-state index contributed by atoms with van der Waals surface area (Å²) in [5.74, 6) is -0.762. The molecule has 4 heterocycles. The highest BCUT2D eigenvalue weighted by atomic mass is 35.5. The number of carbonyl (C=O) groups is 1. The third-order valence-corrected chi connectivity index (χ3v) is 5.12. The van der Waals surface area contributed by atoms with E-state index in [4.69, 9.17) is 21.2 Å². The molecule has 5 rings (SSSR count). The number of fused-ring (bicyclic) bond motifs is 2. The van der Waals surface area contributed by atoms with E-state index in [-0.39, 0.29) is 34.6 Å². The van der Waals surface area contributed by atoms with Gasteiger partial charge >= 0.3 is 12.1 Å². The highest BCUT2D eigenvalue weighted by Crippen LogP contribution is 2.34. The van der Waals surface area contributed by atoms with E-state index in [0.29, 0.717) is 16.5 Å². The van der Waals surface area contributed by atoms with E-state index in [2.05, 4.69) is 15.1 Å². The van der Waals surface area contributed by atoms with Crippen LogP contribution in [0.15, 0.2) is 53.4 Å². The molecule has 1 N–H and O–H groups in total. The van der Waals surface area contributed by atoms with Crippen molar-refractivity contribution in [1.82, 2.24) is 24.1 Å². The third kappa shape index (κ3) is 3.36. The van der Waals surface area contributed by atoms with Crippen LogP contribution in [-0.2, 0) is 17.5 Å². The lowest BCUT2D eigenvalue weighted by Gasteiger charge is -2.07. The number of carboxylic acids is 1. The third-order valence-electron chi connectivity index (χ3n) is 4.84. The fourth-order valence-electron chi connectivity index (χ4n) is 3.45. The van der Waals surface area contributed by atoms with Gasteiger partial charge in [-0.15, -0.1) is 0 Å². The lowest BCUT2D eigenvalue weighted by molar-refractivity contribution is -0.138. The maximum atomic E-state index is 13.0. The number of rotatable bonds is 4. The van der Waals surface area contributed by atoms with Gasteiger partial charge in [0.05, 0.1) is 10.6 Å². The van der Waals surface area contributed by atoms with E-state index in [1.165, 1.54) is 6.20 Å². The van der Waals surface area contributed by atoms with Crippen molar-refractivity contribution in [1.29, 1.82) is 0 Å². The number of nitrogens with zero attached hydrogens (tertiary/aromatic N) is 5. The molecule has 0 saturated carbocycles. The Bertz CT molecular complexity index is 1500. The SMILES string of the molecule is O=C(O)Cn1ccc2c(-c3noc(-c4cn5cc(C(F)(F)F)cc(Cl)c5n4)n3)cccc21. The van der Waals surface area contributed by atoms with E-state index in [0.717, 1.165) is 16.7 Å². The number of carboxylic acid groups (broad SMARTS) is 1. The largest absolute Gasteiger partial charge is 0.480 e. The van der Waals surface area contributed by atoms with Crippen LogP contribution in [0.5, 0.6) is 0 Å². The fourth-order valence-corrected chi connectivity index (χ4v) is 3.71. The molecular weight excluding hydrogens is 451 g/mol. The Labute approximate surface area is 181 Å². The zero-order valence-electron chi connectivity index (χ0n) is 15.8. The summed E-state index contributed by atoms with van der Waals surface area (Å²) in [7, 11) is 0. The molecule has 0 aliphatic carbocycles. The van der Waals surface area contributed by atoms with Gasteiger partial charge in [0, 0.05) is 35.1 Å². The zero-order valence-corrected chi connectivity index (χ0v) is 16.6. The van der Waals surface area contributed by atoms with Crippen LogP contribution in [0.1, 0.15) is 5.56 Å². The highest BCUT2D eigenvalue weighted by molar-refractivity contribution is 6.33. The Balaban J connectivity index is 1.56. The molecule has 162 valence electrons. The molecule has 0 radical (unpaired) electrons. The van der Waals surface area contributed by atoms with Crippen molar-refractivity contribution in [3.63, 3.8) is 0 Å². The molecule has 0 fully saturated rings. The zero-order chi connectivity index (χ0) is 22.6. The summed E-state index contributed by atoms with van der Waals surface area (Å²) in [5.41, 5.74) is 0.629. The van der Waals surface area contributed by atoms with E-state index < -0.39 is 17.7 Å². The van der Waals surface area contributed by atoms with Gasteiger partial charge in [0.2, 0.25) is 5.82 Å². The summed E-state index contributed by atoms with van der Waals surface area (Å²) in [6, 6.07) is 7.79. The first kappa shape index (κ1) is 20.1. The Kier molecular flexibility index (Phi) is 4.45. The molecule has 1 aromatic carbocycles. The molecule has 12 heteroatoms. The van der Waals surface area contributed by atoms with Gasteiger partial charge in [-0.2, -0.15) is 18.2 Å². The number of benzene rings is 1. The number of hydrogen-bond acceptors (Lipinski definition) is 5. The smallest absolute Gasteiger partial charge is 0.417 e. The summed E-state index contributed by atoms with van der Waals surface area (Å²) < 4.78 is 47.2. The molecule has 0 aliphatic heterocycles. The van der Waals surface area contributed by atoms with E-state index in [9.17, 15) is 18.0 Å². The summed E-state index contributed by atoms with van der Waals surface area (Å²) in [5, 5.41) is 13.6. The van der Waals surface area contributed by atoms with Crippen LogP contribution < -0.4 is 0 Å². The molecule has 8 nitrogen and oxygen atoms in total. The molecule has 0 saturated heterocycles. The van der Waals surface area contributed by atoms with Crippen molar-refractivity contribution < 1.29 is 27.6 Å². The molecule has 0 amide bonds. The number of aromatic nitrogens is 5. The summed E-state index contributed by atoms with van der Waals surface area (Å²) in [6.45, 7) is -0.202. The van der Waals surface area contributed by atoms with Crippen LogP contribution >= 0.6 is 11.6 Å². The number of alkyl halides is 3. The van der Waals surface area contributed by atoms with Gasteiger partial charge in [0.25, 0.3) is 5.89 Å². The van der Waals surface area contributed by atoms with Crippen molar-refractivity contribution in [2.75, 3.05) is 0 Å². The Morgan fingerprint density at radius 2 is 2.00 bits per heavy atom. The molecule has 4 aromatic heterocycles. The molecule has 0 spiro atoms. The maximum Gasteiger partial charge on any atom is 0.417 e. The molecule has 32 heavy (non-hydrogen) atoms. The summed E-state index contributed by atoms with van der Waals surface area (Å²) in [4.78, 5) is 19.6. The molecule has 5 aromatic rings. The van der Waals surface area contributed by atoms with Crippen LogP contribution in [0.2, 0.25) is 5.02 Å². The van der Waals surface area contributed by atoms with Gasteiger partial charge in [-0.3, -0.25) is 4.79 Å². The lowest BCUT2D eigenvalue weighted by Crippen LogP contribution is -2.07. The minimum absolute atomic E-state index is 0.00435. The van der Waals surface area contributed by atoms with E-state index in [1.807, 2.05) is 0 Å². The molecule has 0 aliphatic rings. The molecule has 0 unspecified atom stereocenters. The fraction of sp³-hybridized carbons (Fsp3) is 0.100. The van der Waals surface area contributed by atoms with E-state index >= 15 is 0 Å². The second-order valence-electron chi connectivity index (χ2n) is 6.93. The van der Waals surface area contributed by atoms with Crippen LogP contribution in [0, 0.1) is 0 Å². The average Bonchev–Trinajstić information content (AvgIpc) is 3.44. The summed E-state index contributed by atoms with van der Waals surface area (Å²) in [6.07, 6.45) is -0.722. The standard InChI is InChI=1S/C20H11ClF3N5O3/c21-13-6-10(20(22,23)24)7-29-8-14(25-18(13)29)19-26-17(27-32-19)12-2-1-3-15-11(12)4-5-28(15)9-16(30)31/h1-8H,9H2,(H,30,31). The predicted octanol–water partition coefficient (Wildman–Crippen LogP) is 4.76. The summed E-state index contributed by atoms with van der Waals surface area (Å²) >= 11 is 5.98. The van der Waals surface area contributed by atoms with Crippen molar-refractivity contribution in [3.05, 3.63) is 59.5 Å². The predicted molar refractivity (Wildman–Crippen MR) is 107 cm³/mol. The molecule has 0 bridgehead atoms. The monoisotopic (exact) mass is 461 g/mol. The molecule has 0 atom stereocenters. The number of hydrogen-bond donors (Lipinski definition) is 1. The second-order valence-corrected chi connectivity index (χ2v) is 7.34. The van der Waals surface area contributed by atoms with Crippen molar-refractivity contribution in [2.45, 2.75) is 12.7 Å². The minimum Gasteiger partial charge on any atom is -0.480 e. The topological polar surface area (TPSA) is 98.4 Å². The van der Waals surface area contributed by atoms with Crippen molar-refractivity contribution >= 4 is 34.1 Å². The van der Waals surface area contributed by atoms with Crippen LogP contribution in [-0.4, -0.2) is 35.2 Å². The average molecular weight is 462 g/mol. The minimum atomic E-state index is -4.56. The van der Waals surface area contributed by atoms with Gasteiger partial charge < -0.3 is 18.6 Å². The first-order valence-corrected chi connectivity index (χ1v) is 9.48. The van der Waals surface area contributed by atoms with Crippen LogP contribution in [0.25, 0.3) is 39.5 Å². The van der Waals surface area contributed by atoms with Gasteiger partial charge in [-0.25, -0.2) is 4.98 Å². The van der Waals surface area contributed by atoms with Crippen molar-refractivity contribution in [2.24, 2.45) is 0 Å². The van der Waals surface area contributed by atoms with Gasteiger partial charge in [-0.05, 0) is 18.2 Å². The Morgan fingerprint density at radius 1 is 1.19 bits per heavy atom. The first-order chi connectivity index (χ1) is 15.2. The van der Waals surface area contributed by atoms with E-state index in [1.54, 1.807) is 35.0 Å². The molecular formula is C20H11ClF3N5O3. The number of halogens is 4. The number of aliphatic carboxylic acids is 1. The van der Waals surface area contributed by atoms with Crippen molar-refractivity contribution in [3.8, 4) is 23.0 Å². The first-order valence-electron chi connectivity index (χ1n) is 9.10. The Hall–Kier alpha value is -3.86. The van der Waals surface area contributed by atoms with Crippen LogP contribution in [0.4, 0.5) is 13.2 Å². The van der Waals surface area contributed by atoms with Crippen LogP contribution in [0.3, 0.4) is 0 Å². The van der Waals surface area contributed by atoms with Gasteiger partial charge in [0.1, 0.15) is 12.2 Å². The normalized spacial score (nSPS) is 12.1. The number of pyridine rings is 1. The van der Waals surface area contributed by atoms with Gasteiger partial charge in [-0.1, -0.05) is 28.9 Å². The quantitative estimate of drug-likeness (QED) is 0.414. The second kappa shape index (κ2) is 7.09. The number of imidazole rings is 1.